The van der Waals surface area contributed by atoms with E-state index in [4.69, 9.17) is 0 Å². The lowest BCUT2D eigenvalue weighted by Crippen LogP contribution is -2.06. The molecule has 92 valence electrons. The van der Waals surface area contributed by atoms with E-state index in [1.165, 1.54) is 19.2 Å². The fourth-order valence-electron chi connectivity index (χ4n) is 1.55. The van der Waals surface area contributed by atoms with E-state index in [9.17, 15) is 14.9 Å². The van der Waals surface area contributed by atoms with Crippen LogP contribution in [0.25, 0.3) is 0 Å². The van der Waals surface area contributed by atoms with Crippen LogP contribution in [0.4, 0.5) is 5.69 Å². The lowest BCUT2D eigenvalue weighted by Gasteiger charge is -2.04. The van der Waals surface area contributed by atoms with Crippen molar-refractivity contribution in [3.8, 4) is 0 Å². The molecule has 0 spiro atoms. The van der Waals surface area contributed by atoms with Gasteiger partial charge in [0.05, 0.1) is 12.0 Å². The van der Waals surface area contributed by atoms with Crippen molar-refractivity contribution in [3.63, 3.8) is 0 Å². The Morgan fingerprint density at radius 2 is 2.18 bits per heavy atom. The number of nitrogens with zero attached hydrogens (tertiary/aromatic N) is 1. The number of hydrogen-bond donors (Lipinski definition) is 0. The number of nitro groups is 1. The fraction of sp³-hybridized carbons (Fsp3) is 0.417. The molecule has 0 atom stereocenters. The molecule has 0 bridgehead atoms. The number of carbonyl (C=O) groups excluding carboxylic acids is 1. The Labute approximate surface area is 99.5 Å². The molecule has 0 heterocycles. The molecule has 0 radical (unpaired) electrons. The number of carbonyl (C=O) groups is 1. The molecule has 0 fully saturated rings. The van der Waals surface area contributed by atoms with Crippen molar-refractivity contribution >= 4 is 11.7 Å². The number of nitro benzene ring substituents is 1. The minimum Gasteiger partial charge on any atom is -0.465 e. The number of hydrogen-bond acceptors (Lipinski definition) is 4. The van der Waals surface area contributed by atoms with Crippen LogP contribution in [0.5, 0.6) is 0 Å². The molecular weight excluding hydrogens is 222 g/mol. The molecule has 17 heavy (non-hydrogen) atoms. The van der Waals surface area contributed by atoms with Gasteiger partial charge in [-0.25, -0.2) is 4.79 Å². The van der Waals surface area contributed by atoms with Crippen molar-refractivity contribution < 1.29 is 14.5 Å². The summed E-state index contributed by atoms with van der Waals surface area (Å²) in [5.74, 6) is -0.682. The van der Waals surface area contributed by atoms with E-state index in [1.807, 2.05) is 0 Å². The van der Waals surface area contributed by atoms with Crippen LogP contribution in [0.1, 0.15) is 35.7 Å². The lowest BCUT2D eigenvalue weighted by molar-refractivity contribution is -0.385. The summed E-state index contributed by atoms with van der Waals surface area (Å²) >= 11 is 0. The Hall–Kier alpha value is -1.91. The van der Waals surface area contributed by atoms with Crippen molar-refractivity contribution in [1.29, 1.82) is 0 Å². The van der Waals surface area contributed by atoms with E-state index in [1.54, 1.807) is 6.07 Å². The first kappa shape index (κ1) is 13.2. The molecule has 0 amide bonds. The van der Waals surface area contributed by atoms with E-state index < -0.39 is 10.9 Å². The van der Waals surface area contributed by atoms with Crippen molar-refractivity contribution in [2.24, 2.45) is 0 Å². The molecule has 5 nitrogen and oxygen atoms in total. The monoisotopic (exact) mass is 237 g/mol. The Bertz CT molecular complexity index is 429. The molecule has 0 N–H and O–H groups in total. The molecular formula is C12H15NO4. The minimum atomic E-state index is -0.682. The van der Waals surface area contributed by atoms with E-state index in [2.05, 4.69) is 11.7 Å². The highest BCUT2D eigenvalue weighted by atomic mass is 16.6. The first-order valence-corrected chi connectivity index (χ1v) is 5.45. The summed E-state index contributed by atoms with van der Waals surface area (Å²) in [6.45, 7) is 2.05. The van der Waals surface area contributed by atoms with Crippen LogP contribution in [0.2, 0.25) is 0 Å². The van der Waals surface area contributed by atoms with Crippen LogP contribution in [-0.4, -0.2) is 18.0 Å². The van der Waals surface area contributed by atoms with Crippen molar-refractivity contribution in [3.05, 3.63) is 39.4 Å². The third-order valence-electron chi connectivity index (χ3n) is 2.48. The predicted molar refractivity (Wildman–Crippen MR) is 63.0 cm³/mol. The zero-order valence-corrected chi connectivity index (χ0v) is 9.93. The van der Waals surface area contributed by atoms with Crippen molar-refractivity contribution in [2.75, 3.05) is 7.11 Å². The van der Waals surface area contributed by atoms with Crippen molar-refractivity contribution in [2.45, 2.75) is 26.2 Å². The van der Waals surface area contributed by atoms with E-state index in [-0.39, 0.29) is 11.3 Å². The second-order valence-electron chi connectivity index (χ2n) is 3.70. The summed E-state index contributed by atoms with van der Waals surface area (Å²) in [7, 11) is 1.21. The van der Waals surface area contributed by atoms with Gasteiger partial charge in [0.2, 0.25) is 0 Å². The molecule has 5 heteroatoms. The van der Waals surface area contributed by atoms with Gasteiger partial charge in [-0.15, -0.1) is 0 Å². The van der Waals surface area contributed by atoms with Crippen LogP contribution < -0.4 is 0 Å². The Morgan fingerprint density at radius 1 is 1.47 bits per heavy atom. The smallest absolute Gasteiger partial charge is 0.344 e. The van der Waals surface area contributed by atoms with E-state index >= 15 is 0 Å². The van der Waals surface area contributed by atoms with Crippen LogP contribution in [0, 0.1) is 10.1 Å². The summed E-state index contributed by atoms with van der Waals surface area (Å²) in [5, 5.41) is 10.9. The second kappa shape index (κ2) is 5.98. The maximum atomic E-state index is 11.3. The van der Waals surface area contributed by atoms with Gasteiger partial charge in [-0.1, -0.05) is 19.4 Å². The third-order valence-corrected chi connectivity index (χ3v) is 2.48. The molecule has 1 rings (SSSR count). The Morgan fingerprint density at radius 3 is 2.71 bits per heavy atom. The van der Waals surface area contributed by atoms with E-state index in [0.29, 0.717) is 0 Å². The normalized spacial score (nSPS) is 10.0. The van der Waals surface area contributed by atoms with Crippen molar-refractivity contribution in [1.82, 2.24) is 0 Å². The summed E-state index contributed by atoms with van der Waals surface area (Å²) in [4.78, 5) is 21.6. The largest absolute Gasteiger partial charge is 0.465 e. The van der Waals surface area contributed by atoms with Gasteiger partial charge in [0.1, 0.15) is 5.56 Å². The minimum absolute atomic E-state index is 0.00208. The molecule has 1 aromatic carbocycles. The van der Waals surface area contributed by atoms with Gasteiger partial charge in [0, 0.05) is 6.07 Å². The average Bonchev–Trinajstić information content (AvgIpc) is 2.35. The topological polar surface area (TPSA) is 69.4 Å². The first-order valence-electron chi connectivity index (χ1n) is 5.45. The zero-order chi connectivity index (χ0) is 12.8. The Kier molecular flexibility index (Phi) is 4.63. The van der Waals surface area contributed by atoms with Gasteiger partial charge in [-0.2, -0.15) is 0 Å². The Balaban J connectivity index is 3.08. The third kappa shape index (κ3) is 3.27. The highest BCUT2D eigenvalue weighted by Crippen LogP contribution is 2.22. The van der Waals surface area contributed by atoms with Crippen LogP contribution >= 0.6 is 0 Å². The molecule has 1 aromatic rings. The highest BCUT2D eigenvalue weighted by Gasteiger charge is 2.20. The number of esters is 1. The summed E-state index contributed by atoms with van der Waals surface area (Å²) in [6, 6.07) is 4.63. The molecule has 0 saturated heterocycles. The number of unbranched alkanes of at least 4 members (excludes halogenated alkanes) is 1. The van der Waals surface area contributed by atoms with Gasteiger partial charge in [-0.05, 0) is 24.5 Å². The highest BCUT2D eigenvalue weighted by molar-refractivity contribution is 5.93. The maximum absolute atomic E-state index is 11.3. The quantitative estimate of drug-likeness (QED) is 0.448. The lowest BCUT2D eigenvalue weighted by atomic mass is 10.0. The zero-order valence-electron chi connectivity index (χ0n) is 9.93. The van der Waals surface area contributed by atoms with Gasteiger partial charge in [0.15, 0.2) is 0 Å². The van der Waals surface area contributed by atoms with Gasteiger partial charge in [0.25, 0.3) is 5.69 Å². The molecule has 0 unspecified atom stereocenters. The van der Waals surface area contributed by atoms with Crippen LogP contribution in [-0.2, 0) is 11.2 Å². The molecule has 0 aliphatic carbocycles. The summed E-state index contributed by atoms with van der Waals surface area (Å²) in [5.41, 5.74) is 0.675. The molecule has 0 aliphatic rings. The SMILES string of the molecule is CCCCc1ccc(C(=O)OC)c([N+](=O)[O-])c1. The second-order valence-corrected chi connectivity index (χ2v) is 3.70. The molecule has 0 aromatic heterocycles. The number of aryl methyl sites for hydroxylation is 1. The van der Waals surface area contributed by atoms with E-state index in [0.717, 1.165) is 24.8 Å². The standard InChI is InChI=1S/C12H15NO4/c1-3-4-5-9-6-7-10(12(14)17-2)11(8-9)13(15)16/h6-8H,3-5H2,1-2H3. The van der Waals surface area contributed by atoms with Gasteiger partial charge >= 0.3 is 5.97 Å². The maximum Gasteiger partial charge on any atom is 0.344 e. The number of benzene rings is 1. The van der Waals surface area contributed by atoms with Crippen LogP contribution in [0.15, 0.2) is 18.2 Å². The predicted octanol–water partition coefficient (Wildman–Crippen LogP) is 2.72. The average molecular weight is 237 g/mol. The number of ether oxygens (including phenoxy) is 1. The first-order chi connectivity index (χ1) is 8.10. The molecule has 0 saturated carbocycles. The number of methoxy groups -OCH3 is 1. The molecule has 0 aliphatic heterocycles. The number of rotatable bonds is 5. The van der Waals surface area contributed by atoms with Gasteiger partial charge < -0.3 is 4.74 Å². The summed E-state index contributed by atoms with van der Waals surface area (Å²) in [6.07, 6.45) is 2.76. The van der Waals surface area contributed by atoms with Gasteiger partial charge in [-0.3, -0.25) is 10.1 Å². The summed E-state index contributed by atoms with van der Waals surface area (Å²) < 4.78 is 4.50. The van der Waals surface area contributed by atoms with Crippen LogP contribution in [0.3, 0.4) is 0 Å². The fourth-order valence-corrected chi connectivity index (χ4v) is 1.55.